The quantitative estimate of drug-likeness (QED) is 0.0519. The van der Waals surface area contributed by atoms with Gasteiger partial charge in [-0.2, -0.15) is 0 Å². The number of ether oxygens (including phenoxy) is 2. The summed E-state index contributed by atoms with van der Waals surface area (Å²) in [4.78, 5) is 60.2. The first-order valence-corrected chi connectivity index (χ1v) is 24.7. The first kappa shape index (κ1) is 46.5. The fourth-order valence-electron chi connectivity index (χ4n) is 8.04. The van der Waals surface area contributed by atoms with Crippen molar-refractivity contribution in [2.75, 3.05) is 38.0 Å². The SMILES string of the molecule is CC(C)(C)OC(=O)N(CCCCC(=O)Nc1cccc([C@@](O)(C(=O)OC2CN3CCC2CC3)c2ccccc2)c1)C[C@H](O[Si](C)(C)C(C)(C)C)c1ccc(O)c2[nH]c(=O)ccc12. The molecule has 334 valence electrons. The smallest absolute Gasteiger partial charge is 0.410 e. The number of benzene rings is 3. The summed E-state index contributed by atoms with van der Waals surface area (Å²) in [5.41, 5.74) is -1.17. The molecule has 0 spiro atoms. The molecular weight excluding hydrogens is 805 g/mol. The highest BCUT2D eigenvalue weighted by Gasteiger charge is 2.46. The van der Waals surface area contributed by atoms with Gasteiger partial charge in [-0.3, -0.25) is 14.5 Å². The maximum Gasteiger partial charge on any atom is 0.410 e. The van der Waals surface area contributed by atoms with Gasteiger partial charge < -0.3 is 39.3 Å². The van der Waals surface area contributed by atoms with E-state index in [4.69, 9.17) is 13.9 Å². The third-order valence-electron chi connectivity index (χ3n) is 12.5. The van der Waals surface area contributed by atoms with Gasteiger partial charge in [0.2, 0.25) is 17.1 Å². The van der Waals surface area contributed by atoms with Crippen LogP contribution in [0.1, 0.15) is 96.4 Å². The summed E-state index contributed by atoms with van der Waals surface area (Å²) in [5.74, 6) is -0.829. The van der Waals surface area contributed by atoms with E-state index in [2.05, 4.69) is 49.1 Å². The summed E-state index contributed by atoms with van der Waals surface area (Å²) in [6.45, 7) is 19.1. The van der Waals surface area contributed by atoms with Crippen LogP contribution in [0.5, 0.6) is 5.75 Å². The van der Waals surface area contributed by atoms with Gasteiger partial charge in [-0.15, -0.1) is 0 Å². The lowest BCUT2D eigenvalue weighted by atomic mass is 9.84. The number of fused-ring (bicyclic) bond motifs is 4. The molecule has 2 bridgehead atoms. The first-order valence-electron chi connectivity index (χ1n) is 21.8. The number of anilines is 1. The average molecular weight is 869 g/mol. The van der Waals surface area contributed by atoms with Crippen LogP contribution in [0.15, 0.2) is 83.7 Å². The summed E-state index contributed by atoms with van der Waals surface area (Å²) in [7, 11) is -2.47. The number of piperidine rings is 3. The molecule has 4 heterocycles. The van der Waals surface area contributed by atoms with E-state index in [1.807, 2.05) is 6.07 Å². The number of hydrogen-bond donors (Lipinski definition) is 4. The number of phenols is 1. The van der Waals surface area contributed by atoms with E-state index in [0.717, 1.165) is 25.9 Å². The summed E-state index contributed by atoms with van der Waals surface area (Å²) >= 11 is 0. The van der Waals surface area contributed by atoms with Crippen molar-refractivity contribution >= 4 is 42.9 Å². The molecule has 1 aromatic heterocycles. The maximum absolute atomic E-state index is 14.0. The topological polar surface area (TPSA) is 171 Å². The highest BCUT2D eigenvalue weighted by atomic mass is 28.4. The fraction of sp³-hybridized carbons (Fsp3) is 0.500. The Morgan fingerprint density at radius 2 is 1.61 bits per heavy atom. The number of carbonyl (C=O) groups is 3. The number of hydrogen-bond acceptors (Lipinski definition) is 10. The van der Waals surface area contributed by atoms with E-state index < -0.39 is 37.7 Å². The Balaban J connectivity index is 1.16. The van der Waals surface area contributed by atoms with Crippen LogP contribution in [-0.4, -0.2) is 95.7 Å². The van der Waals surface area contributed by atoms with Crippen molar-refractivity contribution in [2.24, 2.45) is 5.92 Å². The minimum Gasteiger partial charge on any atom is -0.506 e. The highest BCUT2D eigenvalue weighted by Crippen LogP contribution is 2.42. The number of aliphatic hydroxyl groups is 1. The van der Waals surface area contributed by atoms with E-state index in [-0.39, 0.29) is 64.9 Å². The fourth-order valence-corrected chi connectivity index (χ4v) is 9.30. The van der Waals surface area contributed by atoms with Gasteiger partial charge >= 0.3 is 12.1 Å². The molecule has 3 aliphatic rings. The summed E-state index contributed by atoms with van der Waals surface area (Å²) in [6, 6.07) is 21.7. The number of esters is 1. The van der Waals surface area contributed by atoms with E-state index >= 15 is 0 Å². The van der Waals surface area contributed by atoms with Crippen LogP contribution in [0.4, 0.5) is 10.5 Å². The lowest BCUT2D eigenvalue weighted by molar-refractivity contribution is -0.177. The zero-order valence-corrected chi connectivity index (χ0v) is 38.5. The van der Waals surface area contributed by atoms with E-state index in [1.165, 1.54) is 12.1 Å². The summed E-state index contributed by atoms with van der Waals surface area (Å²) < 4.78 is 19.0. The molecule has 13 nitrogen and oxygen atoms in total. The lowest BCUT2D eigenvalue weighted by Crippen LogP contribution is -2.53. The third-order valence-corrected chi connectivity index (χ3v) is 17.0. The zero-order chi connectivity index (χ0) is 45.0. The number of nitrogens with one attached hydrogen (secondary N) is 2. The van der Waals surface area contributed by atoms with Crippen molar-refractivity contribution in [3.63, 3.8) is 0 Å². The Morgan fingerprint density at radius 1 is 0.919 bits per heavy atom. The number of aromatic hydroxyl groups is 1. The number of aromatic amines is 1. The van der Waals surface area contributed by atoms with Crippen LogP contribution < -0.4 is 10.9 Å². The second-order valence-corrected chi connectivity index (χ2v) is 24.1. The van der Waals surface area contributed by atoms with Crippen LogP contribution in [0.25, 0.3) is 10.9 Å². The minimum absolute atomic E-state index is 0.0735. The number of phenolic OH excluding ortho intramolecular Hbond substituents is 1. The van der Waals surface area contributed by atoms with Gasteiger partial charge in [-0.25, -0.2) is 9.59 Å². The van der Waals surface area contributed by atoms with E-state index in [0.29, 0.717) is 41.6 Å². The molecule has 0 saturated carbocycles. The first-order chi connectivity index (χ1) is 29.1. The predicted octanol–water partition coefficient (Wildman–Crippen LogP) is 8.22. The molecule has 14 heteroatoms. The molecule has 62 heavy (non-hydrogen) atoms. The van der Waals surface area contributed by atoms with Gasteiger partial charge in [-0.1, -0.05) is 69.3 Å². The number of aromatic nitrogens is 1. The zero-order valence-electron chi connectivity index (χ0n) is 37.5. The highest BCUT2D eigenvalue weighted by molar-refractivity contribution is 6.74. The van der Waals surface area contributed by atoms with Crippen LogP contribution in [0.2, 0.25) is 18.1 Å². The van der Waals surface area contributed by atoms with Gasteiger partial charge in [0.05, 0.1) is 18.2 Å². The Morgan fingerprint density at radius 3 is 2.26 bits per heavy atom. The summed E-state index contributed by atoms with van der Waals surface area (Å²) in [6.07, 6.45) is 1.46. The summed E-state index contributed by atoms with van der Waals surface area (Å²) in [5, 5.41) is 26.3. The molecule has 4 aromatic rings. The van der Waals surface area contributed by atoms with Gasteiger partial charge in [0.15, 0.2) is 8.32 Å². The molecule has 3 atom stereocenters. The molecule has 3 fully saturated rings. The molecule has 4 N–H and O–H groups in total. The number of carbonyl (C=O) groups excluding carboxylic acids is 3. The Hall–Kier alpha value is -5.02. The van der Waals surface area contributed by atoms with Crippen LogP contribution in [-0.2, 0) is 29.1 Å². The maximum atomic E-state index is 14.0. The van der Waals surface area contributed by atoms with Gasteiger partial charge in [0, 0.05) is 42.2 Å². The van der Waals surface area contributed by atoms with Crippen molar-refractivity contribution < 1.29 is 38.5 Å². The minimum atomic E-state index is -2.47. The second kappa shape index (κ2) is 18.8. The van der Waals surface area contributed by atoms with Crippen molar-refractivity contribution in [3.05, 3.63) is 106 Å². The van der Waals surface area contributed by atoms with Crippen molar-refractivity contribution in [1.82, 2.24) is 14.8 Å². The molecule has 3 aromatic carbocycles. The standard InChI is InChI=1S/C48H64N4O9Si/c1-46(2,3)60-45(57)52(31-40(61-62(7,8)47(4,5)6)36-20-22-38(53)43-37(36)21-23-42(55)50-43)26-13-12-19-41(54)49-35-18-14-17-34(29-35)48(58,33-15-10-9-11-16-33)44(56)59-39-30-51-27-24-32(39)25-28-51/h9-11,14-18,20-23,29,32,39-40,53,58H,12-13,19,24-28,30-31H2,1-8H3,(H,49,54)(H,50,55)/t39?,40-,48+/m0/s1. The molecule has 2 amide bonds. The molecule has 7 rings (SSSR count). The van der Waals surface area contributed by atoms with Crippen molar-refractivity contribution in [2.45, 2.75) is 115 Å². The normalized spacial score (nSPS) is 19.3. The van der Waals surface area contributed by atoms with Crippen LogP contribution in [0, 0.1) is 5.92 Å². The number of unbranched alkanes of at least 4 members (excludes halogenated alkanes) is 1. The number of nitrogens with zero attached hydrogens (tertiary/aromatic N) is 2. The predicted molar refractivity (Wildman–Crippen MR) is 242 cm³/mol. The number of pyridine rings is 1. The number of H-pyrrole nitrogens is 1. The Bertz CT molecular complexity index is 2280. The third kappa shape index (κ3) is 10.9. The van der Waals surface area contributed by atoms with Crippen LogP contribution >= 0.6 is 0 Å². The second-order valence-electron chi connectivity index (χ2n) is 19.3. The molecule has 1 unspecified atom stereocenters. The molecule has 3 aliphatic heterocycles. The van der Waals surface area contributed by atoms with Crippen molar-refractivity contribution in [3.8, 4) is 5.75 Å². The van der Waals surface area contributed by atoms with Gasteiger partial charge in [-0.05, 0) is 119 Å². The average Bonchev–Trinajstić information content (AvgIpc) is 3.21. The molecule has 0 radical (unpaired) electrons. The molecule has 3 saturated heterocycles. The Labute approximate surface area is 365 Å². The lowest BCUT2D eigenvalue weighted by Gasteiger charge is -2.44. The van der Waals surface area contributed by atoms with Crippen molar-refractivity contribution in [1.29, 1.82) is 0 Å². The van der Waals surface area contributed by atoms with E-state index in [1.54, 1.807) is 86.3 Å². The van der Waals surface area contributed by atoms with Gasteiger partial charge in [0.25, 0.3) is 0 Å². The molecular formula is C48H64N4O9Si. The monoisotopic (exact) mass is 868 g/mol. The van der Waals surface area contributed by atoms with Gasteiger partial charge in [0.1, 0.15) is 17.5 Å². The Kier molecular flexibility index (Phi) is 14.1. The molecule has 0 aliphatic carbocycles. The van der Waals surface area contributed by atoms with E-state index in [9.17, 15) is 29.4 Å². The largest absolute Gasteiger partial charge is 0.506 e. The number of rotatable bonds is 15. The number of amides is 2. The van der Waals surface area contributed by atoms with Crippen LogP contribution in [0.3, 0.4) is 0 Å².